The Morgan fingerprint density at radius 3 is 2.57 bits per heavy atom. The Bertz CT molecular complexity index is 1260. The standard InChI is InChI=1S/C29H33N5O2S/c1-29(2,3)36-28(35)31-14-13-21-7-10-23(11-8-21)25-12-9-22(19-30)17-26(25)37-24-18-27(33-32-20-24)34-15-5-4-6-16-34/h7-12,17-18,20H,4-6,13-16H2,1-3H3,(H,31,35). The van der Waals surface area contributed by atoms with E-state index in [0.717, 1.165) is 45.4 Å². The summed E-state index contributed by atoms with van der Waals surface area (Å²) in [5, 5.41) is 20.9. The quantitative estimate of drug-likeness (QED) is 0.399. The Morgan fingerprint density at radius 1 is 1.11 bits per heavy atom. The predicted octanol–water partition coefficient (Wildman–Crippen LogP) is 6.22. The van der Waals surface area contributed by atoms with E-state index < -0.39 is 11.7 Å². The summed E-state index contributed by atoms with van der Waals surface area (Å²) < 4.78 is 5.29. The fraction of sp³-hybridized carbons (Fsp3) is 0.379. The van der Waals surface area contributed by atoms with Crippen LogP contribution in [-0.2, 0) is 11.2 Å². The van der Waals surface area contributed by atoms with Gasteiger partial charge in [-0.25, -0.2) is 4.79 Å². The summed E-state index contributed by atoms with van der Waals surface area (Å²) in [4.78, 5) is 16.2. The molecule has 8 heteroatoms. The molecule has 1 saturated heterocycles. The van der Waals surface area contributed by atoms with Crippen LogP contribution in [0.15, 0.2) is 64.5 Å². The highest BCUT2D eigenvalue weighted by Gasteiger charge is 2.16. The molecule has 0 saturated carbocycles. The molecule has 1 N–H and O–H groups in total. The second-order valence-electron chi connectivity index (χ2n) is 10.1. The number of carbonyl (C=O) groups excluding carboxylic acids is 1. The topological polar surface area (TPSA) is 91.1 Å². The number of alkyl carbamates (subject to hydrolysis) is 1. The van der Waals surface area contributed by atoms with Crippen molar-refractivity contribution in [1.29, 1.82) is 5.26 Å². The van der Waals surface area contributed by atoms with Gasteiger partial charge in [-0.15, -0.1) is 5.10 Å². The molecule has 4 rings (SSSR count). The van der Waals surface area contributed by atoms with Crippen molar-refractivity contribution in [2.24, 2.45) is 0 Å². The highest BCUT2D eigenvalue weighted by Crippen LogP contribution is 2.37. The van der Waals surface area contributed by atoms with E-state index in [1.54, 1.807) is 18.0 Å². The van der Waals surface area contributed by atoms with Gasteiger partial charge < -0.3 is 15.0 Å². The molecular weight excluding hydrogens is 482 g/mol. The number of nitrogens with one attached hydrogen (secondary N) is 1. The zero-order valence-electron chi connectivity index (χ0n) is 21.7. The summed E-state index contributed by atoms with van der Waals surface area (Å²) >= 11 is 1.60. The summed E-state index contributed by atoms with van der Waals surface area (Å²) in [5.41, 5.74) is 3.35. The first kappa shape index (κ1) is 26.5. The van der Waals surface area contributed by atoms with Gasteiger partial charge in [-0.2, -0.15) is 10.4 Å². The van der Waals surface area contributed by atoms with Crippen LogP contribution >= 0.6 is 11.8 Å². The molecular formula is C29H33N5O2S. The molecule has 0 atom stereocenters. The number of piperidine rings is 1. The number of nitrogens with zero attached hydrogens (tertiary/aromatic N) is 4. The van der Waals surface area contributed by atoms with Gasteiger partial charge >= 0.3 is 6.09 Å². The number of anilines is 1. The second-order valence-corrected chi connectivity index (χ2v) is 11.2. The lowest BCUT2D eigenvalue weighted by Crippen LogP contribution is -2.33. The summed E-state index contributed by atoms with van der Waals surface area (Å²) in [6, 6.07) is 18.4. The van der Waals surface area contributed by atoms with Crippen molar-refractivity contribution in [2.45, 2.75) is 61.8 Å². The maximum Gasteiger partial charge on any atom is 0.407 e. The predicted molar refractivity (Wildman–Crippen MR) is 147 cm³/mol. The van der Waals surface area contributed by atoms with Crippen LogP contribution in [0, 0.1) is 11.3 Å². The molecule has 1 aromatic heterocycles. The normalized spacial score (nSPS) is 13.6. The first-order valence-corrected chi connectivity index (χ1v) is 13.5. The van der Waals surface area contributed by atoms with Gasteiger partial charge in [0.05, 0.1) is 17.8 Å². The number of aromatic nitrogens is 2. The van der Waals surface area contributed by atoms with Crippen molar-refractivity contribution < 1.29 is 9.53 Å². The molecule has 37 heavy (non-hydrogen) atoms. The largest absolute Gasteiger partial charge is 0.444 e. The zero-order valence-corrected chi connectivity index (χ0v) is 22.5. The smallest absolute Gasteiger partial charge is 0.407 e. The fourth-order valence-electron chi connectivity index (χ4n) is 4.19. The Morgan fingerprint density at radius 2 is 1.86 bits per heavy atom. The van der Waals surface area contributed by atoms with Crippen LogP contribution in [0.4, 0.5) is 10.6 Å². The molecule has 1 fully saturated rings. The van der Waals surface area contributed by atoms with Crippen LogP contribution in [-0.4, -0.2) is 41.5 Å². The highest BCUT2D eigenvalue weighted by atomic mass is 32.2. The number of amides is 1. The number of nitriles is 1. The van der Waals surface area contributed by atoms with Crippen LogP contribution in [0.25, 0.3) is 11.1 Å². The Balaban J connectivity index is 1.47. The molecule has 0 radical (unpaired) electrons. The average molecular weight is 516 g/mol. The van der Waals surface area contributed by atoms with E-state index in [-0.39, 0.29) is 0 Å². The number of hydrogen-bond donors (Lipinski definition) is 1. The van der Waals surface area contributed by atoms with Crippen LogP contribution in [0.1, 0.15) is 51.2 Å². The SMILES string of the molecule is CC(C)(C)OC(=O)NCCc1ccc(-c2ccc(C#N)cc2Sc2cnnc(N3CCCCC3)c2)cc1. The van der Waals surface area contributed by atoms with Crippen LogP contribution in [0.2, 0.25) is 0 Å². The molecule has 2 aromatic carbocycles. The Labute approximate surface area is 223 Å². The number of benzene rings is 2. The summed E-state index contributed by atoms with van der Waals surface area (Å²) in [6.07, 6.45) is 5.71. The number of ether oxygens (including phenoxy) is 1. The van der Waals surface area contributed by atoms with E-state index in [4.69, 9.17) is 4.74 Å². The first-order valence-electron chi connectivity index (χ1n) is 12.7. The van der Waals surface area contributed by atoms with Crippen LogP contribution < -0.4 is 10.2 Å². The molecule has 1 aliphatic rings. The molecule has 0 spiro atoms. The maximum absolute atomic E-state index is 11.9. The molecule has 1 aliphatic heterocycles. The zero-order chi connectivity index (χ0) is 26.3. The highest BCUT2D eigenvalue weighted by molar-refractivity contribution is 7.99. The Hall–Kier alpha value is -3.57. The van der Waals surface area contributed by atoms with Crippen molar-refractivity contribution in [1.82, 2.24) is 15.5 Å². The summed E-state index contributed by atoms with van der Waals surface area (Å²) in [7, 11) is 0. The van der Waals surface area contributed by atoms with Gasteiger partial charge in [-0.3, -0.25) is 0 Å². The monoisotopic (exact) mass is 515 g/mol. The van der Waals surface area contributed by atoms with Crippen molar-refractivity contribution >= 4 is 23.7 Å². The van der Waals surface area contributed by atoms with Gasteiger partial charge in [0.15, 0.2) is 5.82 Å². The minimum Gasteiger partial charge on any atom is -0.444 e. The average Bonchev–Trinajstić information content (AvgIpc) is 2.89. The van der Waals surface area contributed by atoms with Gasteiger partial charge in [0.2, 0.25) is 0 Å². The van der Waals surface area contributed by atoms with Crippen molar-refractivity contribution in [3.63, 3.8) is 0 Å². The lowest BCUT2D eigenvalue weighted by Gasteiger charge is -2.27. The molecule has 1 amide bonds. The third kappa shape index (κ3) is 7.70. The fourth-order valence-corrected chi connectivity index (χ4v) is 5.19. The van der Waals surface area contributed by atoms with Crippen molar-refractivity contribution in [3.05, 3.63) is 65.9 Å². The maximum atomic E-state index is 11.9. The van der Waals surface area contributed by atoms with Crippen molar-refractivity contribution in [3.8, 4) is 17.2 Å². The Kier molecular flexibility index (Phi) is 8.67. The molecule has 0 unspecified atom stereocenters. The molecule has 0 bridgehead atoms. The van der Waals surface area contributed by atoms with Gasteiger partial charge in [0, 0.05) is 29.4 Å². The van der Waals surface area contributed by atoms with E-state index >= 15 is 0 Å². The second kappa shape index (κ2) is 12.1. The van der Waals surface area contributed by atoms with Gasteiger partial charge in [-0.05, 0) is 81.3 Å². The summed E-state index contributed by atoms with van der Waals surface area (Å²) in [5.74, 6) is 0.909. The number of rotatable bonds is 7. The van der Waals surface area contributed by atoms with Crippen molar-refractivity contribution in [2.75, 3.05) is 24.5 Å². The van der Waals surface area contributed by atoms with Gasteiger partial charge in [-0.1, -0.05) is 42.1 Å². The van der Waals surface area contributed by atoms with E-state index in [0.29, 0.717) is 18.5 Å². The van der Waals surface area contributed by atoms with E-state index in [1.165, 1.54) is 19.3 Å². The first-order chi connectivity index (χ1) is 17.8. The third-order valence-electron chi connectivity index (χ3n) is 5.98. The number of carbonyl (C=O) groups is 1. The van der Waals surface area contributed by atoms with Gasteiger partial charge in [0.25, 0.3) is 0 Å². The lowest BCUT2D eigenvalue weighted by atomic mass is 10.0. The van der Waals surface area contributed by atoms with E-state index in [9.17, 15) is 10.1 Å². The third-order valence-corrected chi connectivity index (χ3v) is 7.00. The molecule has 3 aromatic rings. The summed E-state index contributed by atoms with van der Waals surface area (Å²) in [6.45, 7) is 8.06. The van der Waals surface area contributed by atoms with Gasteiger partial charge in [0.1, 0.15) is 5.60 Å². The van der Waals surface area contributed by atoms with E-state index in [2.05, 4.69) is 56.8 Å². The van der Waals surface area contributed by atoms with E-state index in [1.807, 2.05) is 39.0 Å². The lowest BCUT2D eigenvalue weighted by molar-refractivity contribution is 0.0528. The molecule has 192 valence electrons. The molecule has 2 heterocycles. The van der Waals surface area contributed by atoms with Crippen LogP contribution in [0.3, 0.4) is 0 Å². The van der Waals surface area contributed by atoms with Crippen LogP contribution in [0.5, 0.6) is 0 Å². The number of hydrogen-bond acceptors (Lipinski definition) is 7. The molecule has 0 aliphatic carbocycles. The minimum atomic E-state index is -0.510. The minimum absolute atomic E-state index is 0.405. The molecule has 7 nitrogen and oxygen atoms in total.